The number of carbonyl (C=O) groups excluding carboxylic acids is 1. The maximum Gasteiger partial charge on any atom is 0.256 e. The van der Waals surface area contributed by atoms with E-state index in [2.05, 4.69) is 19.2 Å². The molecule has 2 atom stereocenters. The molecule has 0 aliphatic heterocycles. The van der Waals surface area contributed by atoms with Gasteiger partial charge in [-0.15, -0.1) is 0 Å². The number of methoxy groups -OCH3 is 1. The average molecular weight is 321 g/mol. The fourth-order valence-corrected chi connectivity index (χ4v) is 2.22. The topological polar surface area (TPSA) is 47.6 Å². The molecular weight excluding hydrogens is 290 g/mol. The summed E-state index contributed by atoms with van der Waals surface area (Å²) in [4.78, 5) is 12.5. The number of rotatable bonds is 10. The standard InChI is InChI=1S/C19H31NO3/c1-6-8-9-14-19(4,22-5)18(21)20-16-10-12-17(13-11-16)23-15(3)7-2/h10-13,15H,6-9,14H2,1-5H3,(H,20,21)/t15-,19+/m1/s1. The second kappa shape index (κ2) is 9.56. The van der Waals surface area contributed by atoms with E-state index >= 15 is 0 Å². The molecule has 1 aromatic carbocycles. The van der Waals surface area contributed by atoms with Crippen LogP contribution in [0.2, 0.25) is 0 Å². The van der Waals surface area contributed by atoms with Gasteiger partial charge in [0.1, 0.15) is 11.4 Å². The molecule has 1 rings (SSSR count). The zero-order valence-corrected chi connectivity index (χ0v) is 15.1. The van der Waals surface area contributed by atoms with Crippen LogP contribution in [0, 0.1) is 0 Å². The number of amides is 1. The molecule has 0 spiro atoms. The normalized spacial score (nSPS) is 14.8. The zero-order valence-electron chi connectivity index (χ0n) is 15.1. The molecule has 0 bridgehead atoms. The van der Waals surface area contributed by atoms with Crippen LogP contribution in [0.4, 0.5) is 5.69 Å². The average Bonchev–Trinajstić information content (AvgIpc) is 2.56. The number of hydrogen-bond acceptors (Lipinski definition) is 3. The zero-order chi connectivity index (χ0) is 17.3. The smallest absolute Gasteiger partial charge is 0.256 e. The maximum atomic E-state index is 12.5. The van der Waals surface area contributed by atoms with Crippen molar-refractivity contribution in [3.8, 4) is 5.75 Å². The van der Waals surface area contributed by atoms with E-state index in [4.69, 9.17) is 9.47 Å². The van der Waals surface area contributed by atoms with Gasteiger partial charge >= 0.3 is 0 Å². The monoisotopic (exact) mass is 321 g/mol. The summed E-state index contributed by atoms with van der Waals surface area (Å²) in [5.41, 5.74) is -0.0357. The van der Waals surface area contributed by atoms with Gasteiger partial charge in [-0.05, 0) is 51.0 Å². The fourth-order valence-electron chi connectivity index (χ4n) is 2.22. The molecule has 4 heteroatoms. The minimum absolute atomic E-state index is 0.105. The summed E-state index contributed by atoms with van der Waals surface area (Å²) >= 11 is 0. The van der Waals surface area contributed by atoms with Gasteiger partial charge in [-0.1, -0.05) is 33.1 Å². The number of unbranched alkanes of at least 4 members (excludes halogenated alkanes) is 2. The van der Waals surface area contributed by atoms with E-state index in [0.29, 0.717) is 0 Å². The molecule has 1 aromatic rings. The highest BCUT2D eigenvalue weighted by atomic mass is 16.5. The Kier molecular flexibility index (Phi) is 8.10. The summed E-state index contributed by atoms with van der Waals surface area (Å²) < 4.78 is 11.2. The number of ether oxygens (including phenoxy) is 2. The lowest BCUT2D eigenvalue weighted by molar-refractivity contribution is -0.136. The van der Waals surface area contributed by atoms with Crippen molar-refractivity contribution in [3.05, 3.63) is 24.3 Å². The van der Waals surface area contributed by atoms with Gasteiger partial charge in [0, 0.05) is 12.8 Å². The minimum Gasteiger partial charge on any atom is -0.491 e. The lowest BCUT2D eigenvalue weighted by atomic mass is 9.97. The number of nitrogens with one attached hydrogen (secondary N) is 1. The molecule has 0 fully saturated rings. The Balaban J connectivity index is 2.64. The second-order valence-electron chi connectivity index (χ2n) is 6.21. The predicted molar refractivity (Wildman–Crippen MR) is 95.0 cm³/mol. The highest BCUT2D eigenvalue weighted by molar-refractivity contribution is 5.97. The van der Waals surface area contributed by atoms with E-state index < -0.39 is 5.60 Å². The van der Waals surface area contributed by atoms with E-state index in [0.717, 1.165) is 43.5 Å². The number of anilines is 1. The van der Waals surface area contributed by atoms with Gasteiger partial charge < -0.3 is 14.8 Å². The quantitative estimate of drug-likeness (QED) is 0.630. The number of benzene rings is 1. The molecule has 23 heavy (non-hydrogen) atoms. The Bertz CT molecular complexity index is 472. The molecular formula is C19H31NO3. The van der Waals surface area contributed by atoms with Crippen LogP contribution in [0.1, 0.15) is 59.8 Å². The first-order valence-electron chi connectivity index (χ1n) is 8.58. The lowest BCUT2D eigenvalue weighted by Crippen LogP contribution is -2.41. The first kappa shape index (κ1) is 19.5. The Morgan fingerprint density at radius 3 is 2.39 bits per heavy atom. The van der Waals surface area contributed by atoms with Crippen molar-refractivity contribution in [2.45, 2.75) is 71.5 Å². The van der Waals surface area contributed by atoms with Crippen molar-refractivity contribution in [2.75, 3.05) is 12.4 Å². The van der Waals surface area contributed by atoms with Gasteiger partial charge in [0.2, 0.25) is 0 Å². The molecule has 0 aliphatic rings. The van der Waals surface area contributed by atoms with E-state index in [1.165, 1.54) is 0 Å². The Labute approximate surface area is 140 Å². The maximum absolute atomic E-state index is 12.5. The van der Waals surface area contributed by atoms with Crippen molar-refractivity contribution in [1.29, 1.82) is 0 Å². The van der Waals surface area contributed by atoms with Crippen LogP contribution < -0.4 is 10.1 Å². The van der Waals surface area contributed by atoms with E-state index in [9.17, 15) is 4.79 Å². The Morgan fingerprint density at radius 1 is 1.22 bits per heavy atom. The molecule has 0 radical (unpaired) electrons. The van der Waals surface area contributed by atoms with Gasteiger partial charge in [-0.25, -0.2) is 0 Å². The van der Waals surface area contributed by atoms with Crippen LogP contribution in [0.15, 0.2) is 24.3 Å². The SMILES string of the molecule is CCCCC[C@](C)(OC)C(=O)Nc1ccc(O[C@H](C)CC)cc1. The van der Waals surface area contributed by atoms with Gasteiger partial charge in [-0.3, -0.25) is 4.79 Å². The van der Waals surface area contributed by atoms with Gasteiger partial charge in [0.05, 0.1) is 6.10 Å². The van der Waals surface area contributed by atoms with Crippen molar-refractivity contribution in [3.63, 3.8) is 0 Å². The summed E-state index contributed by atoms with van der Waals surface area (Å²) in [6.45, 7) is 8.12. The van der Waals surface area contributed by atoms with Crippen LogP contribution in [0.5, 0.6) is 5.75 Å². The van der Waals surface area contributed by atoms with Crippen LogP contribution in [0.25, 0.3) is 0 Å². The highest BCUT2D eigenvalue weighted by Crippen LogP contribution is 2.23. The number of hydrogen-bond donors (Lipinski definition) is 1. The summed E-state index contributed by atoms with van der Waals surface area (Å²) in [6, 6.07) is 7.47. The summed E-state index contributed by atoms with van der Waals surface area (Å²) in [7, 11) is 1.59. The van der Waals surface area contributed by atoms with Crippen LogP contribution >= 0.6 is 0 Å². The molecule has 0 saturated carbocycles. The summed E-state index contributed by atoms with van der Waals surface area (Å²) in [6.07, 6.45) is 5.08. The fraction of sp³-hybridized carbons (Fsp3) is 0.632. The van der Waals surface area contributed by atoms with Crippen LogP contribution in [-0.4, -0.2) is 24.7 Å². The van der Waals surface area contributed by atoms with Crippen molar-refractivity contribution < 1.29 is 14.3 Å². The van der Waals surface area contributed by atoms with Gasteiger partial charge in [0.25, 0.3) is 5.91 Å². The molecule has 1 amide bonds. The molecule has 4 nitrogen and oxygen atoms in total. The molecule has 1 N–H and O–H groups in total. The molecule has 130 valence electrons. The molecule has 0 aliphatic carbocycles. The van der Waals surface area contributed by atoms with Crippen molar-refractivity contribution in [2.24, 2.45) is 0 Å². The molecule has 0 unspecified atom stereocenters. The lowest BCUT2D eigenvalue weighted by Gasteiger charge is -2.27. The number of carbonyl (C=O) groups is 1. The molecule has 0 saturated heterocycles. The first-order chi connectivity index (χ1) is 10.9. The van der Waals surface area contributed by atoms with Crippen LogP contribution in [-0.2, 0) is 9.53 Å². The summed E-state index contributed by atoms with van der Waals surface area (Å²) in [5, 5.41) is 2.94. The third-order valence-corrected chi connectivity index (χ3v) is 4.21. The van der Waals surface area contributed by atoms with E-state index in [1.807, 2.05) is 38.1 Å². The molecule has 0 heterocycles. The first-order valence-corrected chi connectivity index (χ1v) is 8.58. The van der Waals surface area contributed by atoms with Gasteiger partial charge in [-0.2, -0.15) is 0 Å². The third kappa shape index (κ3) is 6.22. The van der Waals surface area contributed by atoms with Gasteiger partial charge in [0.15, 0.2) is 0 Å². The summed E-state index contributed by atoms with van der Waals surface area (Å²) in [5.74, 6) is 0.710. The largest absolute Gasteiger partial charge is 0.491 e. The molecule has 0 aromatic heterocycles. The van der Waals surface area contributed by atoms with Crippen LogP contribution in [0.3, 0.4) is 0 Å². The highest BCUT2D eigenvalue weighted by Gasteiger charge is 2.32. The van der Waals surface area contributed by atoms with E-state index in [1.54, 1.807) is 7.11 Å². The van der Waals surface area contributed by atoms with E-state index in [-0.39, 0.29) is 12.0 Å². The van der Waals surface area contributed by atoms with Crippen molar-refractivity contribution in [1.82, 2.24) is 0 Å². The van der Waals surface area contributed by atoms with Crippen molar-refractivity contribution >= 4 is 11.6 Å². The Morgan fingerprint density at radius 2 is 1.87 bits per heavy atom. The predicted octanol–water partition coefficient (Wildman–Crippen LogP) is 4.79. The third-order valence-electron chi connectivity index (χ3n) is 4.21. The second-order valence-corrected chi connectivity index (χ2v) is 6.21. The minimum atomic E-state index is -0.791. The Hall–Kier alpha value is -1.55.